The number of aromatic hydroxyl groups is 2. The first-order valence-electron chi connectivity index (χ1n) is 17.6. The van der Waals surface area contributed by atoms with Crippen LogP contribution in [-0.4, -0.2) is 59.0 Å². The van der Waals surface area contributed by atoms with Gasteiger partial charge >= 0.3 is 11.9 Å². The highest BCUT2D eigenvalue weighted by Gasteiger charge is 2.25. The number of nitrogens with zero attached hydrogens (tertiary/aromatic N) is 6. The number of benzene rings is 6. The lowest BCUT2D eigenvalue weighted by molar-refractivity contribution is 0.0686. The molecule has 14 heteroatoms. The van der Waals surface area contributed by atoms with Crippen molar-refractivity contribution in [3.63, 3.8) is 0 Å². The van der Waals surface area contributed by atoms with Crippen LogP contribution in [0.5, 0.6) is 23.0 Å². The van der Waals surface area contributed by atoms with E-state index in [0.29, 0.717) is 56.5 Å². The average molecular weight is 777 g/mol. The van der Waals surface area contributed by atoms with Crippen molar-refractivity contribution in [2.24, 2.45) is 30.4 Å². The number of phenolic OH excluding ortho intramolecular Hbond substituents is 2. The lowest BCUT2D eigenvalue weighted by Crippen LogP contribution is -2.10. The van der Waals surface area contributed by atoms with E-state index in [1.165, 1.54) is 48.8 Å². The van der Waals surface area contributed by atoms with Gasteiger partial charge in [-0.3, -0.25) is 9.98 Å². The van der Waals surface area contributed by atoms with Gasteiger partial charge < -0.3 is 29.9 Å². The molecule has 0 fully saturated rings. The van der Waals surface area contributed by atoms with Gasteiger partial charge in [-0.1, -0.05) is 24.3 Å². The summed E-state index contributed by atoms with van der Waals surface area (Å²) in [6.07, 6.45) is 2.90. The Hall–Kier alpha value is -8.00. The number of aromatic carboxylic acids is 2. The Labute approximate surface area is 332 Å². The van der Waals surface area contributed by atoms with Crippen LogP contribution < -0.4 is 9.47 Å². The minimum absolute atomic E-state index is 0.0513. The van der Waals surface area contributed by atoms with Crippen molar-refractivity contribution in [2.45, 2.75) is 12.1 Å². The van der Waals surface area contributed by atoms with Crippen LogP contribution in [0.4, 0.5) is 22.7 Å². The molecule has 0 radical (unpaired) electrons. The summed E-state index contributed by atoms with van der Waals surface area (Å²) in [5, 5.41) is 58.1. The molecule has 58 heavy (non-hydrogen) atoms. The normalized spacial score (nSPS) is 12.7. The van der Waals surface area contributed by atoms with Gasteiger partial charge in [0.25, 0.3) is 0 Å². The van der Waals surface area contributed by atoms with E-state index < -0.39 is 24.0 Å². The van der Waals surface area contributed by atoms with E-state index in [-0.39, 0.29) is 22.6 Å². The summed E-state index contributed by atoms with van der Waals surface area (Å²) in [6.45, 7) is 0. The van der Waals surface area contributed by atoms with Gasteiger partial charge in [0, 0.05) is 23.6 Å². The molecule has 0 saturated heterocycles. The first-order valence-corrected chi connectivity index (χ1v) is 17.6. The van der Waals surface area contributed by atoms with Gasteiger partial charge in [0.05, 0.1) is 48.1 Å². The third-order valence-electron chi connectivity index (χ3n) is 8.77. The SMILES string of the molecule is COc1ccc(N=Nc2ccc(O)c(C=N[C@@H](c3ccc(C(=O)O)cc3)[C@@H](N=Cc3cc(N=Nc4ccc(OC)cc4)ccc3O)c3ccc(C(=O)O)cc3)c2)cc1. The van der Waals surface area contributed by atoms with Crippen LogP contribution in [0, 0.1) is 0 Å². The zero-order valence-electron chi connectivity index (χ0n) is 31.1. The Morgan fingerprint density at radius 2 is 0.810 bits per heavy atom. The number of methoxy groups -OCH3 is 2. The smallest absolute Gasteiger partial charge is 0.335 e. The summed E-state index contributed by atoms with van der Waals surface area (Å²) in [7, 11) is 3.14. The summed E-state index contributed by atoms with van der Waals surface area (Å²) in [5.74, 6) is -1.07. The molecule has 6 aromatic carbocycles. The van der Waals surface area contributed by atoms with Crippen LogP contribution in [-0.2, 0) is 0 Å². The summed E-state index contributed by atoms with van der Waals surface area (Å²) < 4.78 is 10.4. The number of ether oxygens (including phenoxy) is 2. The molecule has 6 rings (SSSR count). The van der Waals surface area contributed by atoms with Gasteiger partial charge in [0.15, 0.2) is 0 Å². The fourth-order valence-corrected chi connectivity index (χ4v) is 5.61. The number of hydrogen-bond donors (Lipinski definition) is 4. The minimum atomic E-state index is -1.12. The van der Waals surface area contributed by atoms with Crippen molar-refractivity contribution in [3.05, 3.63) is 167 Å². The lowest BCUT2D eigenvalue weighted by Gasteiger charge is -2.22. The third-order valence-corrected chi connectivity index (χ3v) is 8.77. The van der Waals surface area contributed by atoms with Crippen molar-refractivity contribution in [1.29, 1.82) is 0 Å². The maximum absolute atomic E-state index is 11.8. The molecule has 0 aromatic heterocycles. The largest absolute Gasteiger partial charge is 0.507 e. The monoisotopic (exact) mass is 776 g/mol. The van der Waals surface area contributed by atoms with E-state index in [1.807, 2.05) is 0 Å². The molecule has 6 aromatic rings. The Morgan fingerprint density at radius 3 is 1.14 bits per heavy atom. The van der Waals surface area contributed by atoms with Gasteiger partial charge in [-0.15, -0.1) is 0 Å². The number of phenols is 2. The topological polar surface area (TPSA) is 208 Å². The highest BCUT2D eigenvalue weighted by molar-refractivity contribution is 5.89. The predicted octanol–water partition coefficient (Wildman–Crippen LogP) is 10.4. The highest BCUT2D eigenvalue weighted by atomic mass is 16.5. The fraction of sp³-hybridized carbons (Fsp3) is 0.0909. The number of carbonyl (C=O) groups is 2. The first kappa shape index (κ1) is 39.7. The number of carboxylic acids is 2. The molecule has 14 nitrogen and oxygen atoms in total. The number of hydrogen-bond acceptors (Lipinski definition) is 12. The van der Waals surface area contributed by atoms with E-state index in [0.717, 1.165) is 0 Å². The first-order chi connectivity index (χ1) is 28.1. The molecule has 0 aliphatic rings. The van der Waals surface area contributed by atoms with Crippen molar-refractivity contribution in [1.82, 2.24) is 0 Å². The predicted molar refractivity (Wildman–Crippen MR) is 218 cm³/mol. The highest BCUT2D eigenvalue weighted by Crippen LogP contribution is 2.37. The standard InChI is InChI=1S/C44H36N6O8/c1-57-37-17-11-33(12-18-37)47-49-35-15-21-39(51)31(23-35)25-45-41(27-3-7-29(8-4-27)43(53)54)42(28-5-9-30(10-6-28)44(55)56)46-26-32-24-36(16-22-40(32)52)50-48-34-13-19-38(58-2)20-14-34/h3-26,41-42,51-52H,1-2H3,(H,53,54)(H,55,56)/t41-,42-/m0/s1. The number of carboxylic acid groups (broad SMARTS) is 2. The quantitative estimate of drug-likeness (QED) is 0.0581. The summed E-state index contributed by atoms with van der Waals surface area (Å²) in [4.78, 5) is 33.3. The molecule has 0 unspecified atom stereocenters. The second kappa shape index (κ2) is 18.6. The number of rotatable bonds is 15. The van der Waals surface area contributed by atoms with E-state index in [2.05, 4.69) is 20.5 Å². The molecule has 0 heterocycles. The molecule has 0 spiro atoms. The van der Waals surface area contributed by atoms with Gasteiger partial charge in [-0.05, 0) is 120 Å². The Balaban J connectivity index is 1.40. The van der Waals surface area contributed by atoms with E-state index >= 15 is 0 Å². The van der Waals surface area contributed by atoms with Gasteiger partial charge in [0.2, 0.25) is 0 Å². The van der Waals surface area contributed by atoms with Crippen LogP contribution in [0.2, 0.25) is 0 Å². The molecule has 0 aliphatic heterocycles. The van der Waals surface area contributed by atoms with Crippen molar-refractivity contribution in [2.75, 3.05) is 14.2 Å². The molecule has 290 valence electrons. The van der Waals surface area contributed by atoms with Crippen LogP contribution in [0.1, 0.15) is 55.1 Å². The fourth-order valence-electron chi connectivity index (χ4n) is 5.61. The summed E-state index contributed by atoms with van der Waals surface area (Å²) >= 11 is 0. The molecule has 0 aliphatic carbocycles. The van der Waals surface area contributed by atoms with Crippen LogP contribution in [0.25, 0.3) is 0 Å². The van der Waals surface area contributed by atoms with Gasteiger partial charge in [-0.2, -0.15) is 20.5 Å². The van der Waals surface area contributed by atoms with E-state index in [9.17, 15) is 30.0 Å². The minimum Gasteiger partial charge on any atom is -0.507 e. The zero-order chi connectivity index (χ0) is 41.0. The maximum Gasteiger partial charge on any atom is 0.335 e. The average Bonchev–Trinajstić information content (AvgIpc) is 3.25. The Morgan fingerprint density at radius 1 is 0.483 bits per heavy atom. The van der Waals surface area contributed by atoms with Crippen LogP contribution >= 0.6 is 0 Å². The van der Waals surface area contributed by atoms with E-state index in [1.54, 1.807) is 111 Å². The maximum atomic E-state index is 11.8. The summed E-state index contributed by atoms with van der Waals surface area (Å²) in [5.41, 5.74) is 3.82. The second-order valence-electron chi connectivity index (χ2n) is 12.6. The molecule has 2 atom stereocenters. The Kier molecular flexibility index (Phi) is 12.7. The second-order valence-corrected chi connectivity index (χ2v) is 12.6. The molecular formula is C44H36N6O8. The molecule has 0 bridgehead atoms. The molecule has 0 saturated carbocycles. The zero-order valence-corrected chi connectivity index (χ0v) is 31.1. The van der Waals surface area contributed by atoms with Gasteiger partial charge in [-0.25, -0.2) is 9.59 Å². The molecular weight excluding hydrogens is 741 g/mol. The summed E-state index contributed by atoms with van der Waals surface area (Å²) in [6, 6.07) is 33.8. The number of aliphatic imine (C=N–C) groups is 2. The lowest BCUT2D eigenvalue weighted by atomic mass is 9.92. The van der Waals surface area contributed by atoms with Crippen molar-refractivity contribution in [3.8, 4) is 23.0 Å². The van der Waals surface area contributed by atoms with Crippen molar-refractivity contribution >= 4 is 47.1 Å². The molecule has 4 N–H and O–H groups in total. The third kappa shape index (κ3) is 10.2. The van der Waals surface area contributed by atoms with Crippen LogP contribution in [0.3, 0.4) is 0 Å². The number of azo groups is 2. The van der Waals surface area contributed by atoms with E-state index in [4.69, 9.17) is 19.5 Å². The molecule has 0 amide bonds. The van der Waals surface area contributed by atoms with Gasteiger partial charge in [0.1, 0.15) is 35.1 Å². The van der Waals surface area contributed by atoms with Crippen molar-refractivity contribution < 1.29 is 39.5 Å². The van der Waals surface area contributed by atoms with Crippen LogP contribution in [0.15, 0.2) is 164 Å². The Bertz CT molecular complexity index is 2320.